The molecule has 0 unspecified atom stereocenters. The Hall–Kier alpha value is -1.62. The summed E-state index contributed by atoms with van der Waals surface area (Å²) < 4.78 is 42.2. The number of halogens is 3. The molecular formula is C20H25F3O2. The highest BCUT2D eigenvalue weighted by Crippen LogP contribution is 2.32. The number of carbonyl (C=O) groups excluding carboxylic acids is 1. The molecule has 5 heteroatoms. The van der Waals surface area contributed by atoms with Gasteiger partial charge in [0.1, 0.15) is 0 Å². The molecule has 0 N–H and O–H groups in total. The van der Waals surface area contributed by atoms with Crippen LogP contribution in [0.2, 0.25) is 0 Å². The summed E-state index contributed by atoms with van der Waals surface area (Å²) in [6.45, 7) is 0.659. The molecule has 138 valence electrons. The standard InChI is InChI=1S/C20H25F3O2/c1-25-14-2-3-15-4-6-16(7-5-15)8-9-17-10-12-18(13-11-17)19(24)20(21,22)23/h2-3,10-13,15-16H,4-9,14H2,1H3. The fourth-order valence-corrected chi connectivity index (χ4v) is 3.37. The maximum absolute atomic E-state index is 12.4. The number of Topliss-reactive ketones (excluding diaryl/α,β-unsaturated/α-hetero) is 1. The van der Waals surface area contributed by atoms with Gasteiger partial charge in [0.05, 0.1) is 6.61 Å². The van der Waals surface area contributed by atoms with Crippen LogP contribution in [0.25, 0.3) is 0 Å². The van der Waals surface area contributed by atoms with Gasteiger partial charge in [-0.3, -0.25) is 4.79 Å². The van der Waals surface area contributed by atoms with Crippen LogP contribution in [-0.4, -0.2) is 25.7 Å². The number of carbonyl (C=O) groups is 1. The van der Waals surface area contributed by atoms with Crippen molar-refractivity contribution in [1.82, 2.24) is 0 Å². The van der Waals surface area contributed by atoms with Gasteiger partial charge in [-0.1, -0.05) is 36.4 Å². The number of alkyl halides is 3. The topological polar surface area (TPSA) is 26.3 Å². The van der Waals surface area contributed by atoms with Crippen LogP contribution in [0.3, 0.4) is 0 Å². The molecule has 0 spiro atoms. The minimum Gasteiger partial charge on any atom is -0.381 e. The van der Waals surface area contributed by atoms with Crippen LogP contribution in [0, 0.1) is 11.8 Å². The van der Waals surface area contributed by atoms with Gasteiger partial charge in [-0.05, 0) is 55.9 Å². The van der Waals surface area contributed by atoms with E-state index >= 15 is 0 Å². The van der Waals surface area contributed by atoms with E-state index < -0.39 is 12.0 Å². The summed E-state index contributed by atoms with van der Waals surface area (Å²) in [6.07, 6.45) is 6.15. The Kier molecular flexibility index (Phi) is 7.24. The number of allylic oxidation sites excluding steroid dienone is 1. The molecule has 0 aliphatic heterocycles. The highest BCUT2D eigenvalue weighted by atomic mass is 19.4. The molecule has 1 aliphatic rings. The van der Waals surface area contributed by atoms with Crippen LogP contribution < -0.4 is 0 Å². The quantitative estimate of drug-likeness (QED) is 0.486. The van der Waals surface area contributed by atoms with Crippen LogP contribution >= 0.6 is 0 Å². The number of ether oxygens (including phenoxy) is 1. The van der Waals surface area contributed by atoms with Gasteiger partial charge in [0.2, 0.25) is 0 Å². The number of rotatable bonds is 7. The molecule has 1 saturated carbocycles. The molecule has 0 saturated heterocycles. The van der Waals surface area contributed by atoms with Gasteiger partial charge in [-0.25, -0.2) is 0 Å². The summed E-state index contributed by atoms with van der Waals surface area (Å²) in [5.74, 6) is -0.471. The average Bonchev–Trinajstić information content (AvgIpc) is 2.60. The Bertz CT molecular complexity index is 568. The number of hydrogen-bond donors (Lipinski definition) is 0. The average molecular weight is 354 g/mol. The highest BCUT2D eigenvalue weighted by molar-refractivity contribution is 6.00. The van der Waals surface area contributed by atoms with Gasteiger partial charge in [-0.15, -0.1) is 0 Å². The molecule has 0 aromatic heterocycles. The zero-order valence-corrected chi connectivity index (χ0v) is 14.5. The minimum absolute atomic E-state index is 0.292. The third kappa shape index (κ3) is 6.31. The fourth-order valence-electron chi connectivity index (χ4n) is 3.37. The van der Waals surface area contributed by atoms with Gasteiger partial charge >= 0.3 is 6.18 Å². The van der Waals surface area contributed by atoms with Gasteiger partial charge in [0.25, 0.3) is 5.78 Å². The third-order valence-electron chi connectivity index (χ3n) is 4.88. The first-order chi connectivity index (χ1) is 11.9. The van der Waals surface area contributed by atoms with E-state index in [2.05, 4.69) is 12.2 Å². The summed E-state index contributed by atoms with van der Waals surface area (Å²) in [5, 5.41) is 0. The monoisotopic (exact) mass is 354 g/mol. The molecule has 1 aromatic rings. The highest BCUT2D eigenvalue weighted by Gasteiger charge is 2.39. The lowest BCUT2D eigenvalue weighted by Gasteiger charge is -2.26. The van der Waals surface area contributed by atoms with Crippen molar-refractivity contribution in [1.29, 1.82) is 0 Å². The smallest absolute Gasteiger partial charge is 0.381 e. The molecule has 1 fully saturated rings. The Morgan fingerprint density at radius 2 is 1.80 bits per heavy atom. The van der Waals surface area contributed by atoms with Gasteiger partial charge in [0.15, 0.2) is 0 Å². The second-order valence-electron chi connectivity index (χ2n) is 6.73. The predicted molar refractivity (Wildman–Crippen MR) is 91.6 cm³/mol. The van der Waals surface area contributed by atoms with E-state index in [0.717, 1.165) is 18.4 Å². The van der Waals surface area contributed by atoms with Crippen LogP contribution in [-0.2, 0) is 11.2 Å². The molecular weight excluding hydrogens is 329 g/mol. The number of ketones is 1. The molecule has 1 aliphatic carbocycles. The van der Waals surface area contributed by atoms with E-state index in [1.807, 2.05) is 0 Å². The maximum atomic E-state index is 12.4. The zero-order valence-electron chi connectivity index (χ0n) is 14.5. The first kappa shape index (κ1) is 19.7. The normalized spacial score (nSPS) is 21.6. The number of hydrogen-bond acceptors (Lipinski definition) is 2. The van der Waals surface area contributed by atoms with Gasteiger partial charge in [-0.2, -0.15) is 13.2 Å². The van der Waals surface area contributed by atoms with E-state index in [-0.39, 0.29) is 5.56 Å². The lowest BCUT2D eigenvalue weighted by molar-refractivity contribution is -0.0885. The summed E-state index contributed by atoms with van der Waals surface area (Å²) in [6, 6.07) is 5.83. The molecule has 0 heterocycles. The first-order valence-corrected chi connectivity index (χ1v) is 8.76. The molecule has 2 nitrogen and oxygen atoms in total. The van der Waals surface area contributed by atoms with Crippen molar-refractivity contribution < 1.29 is 22.7 Å². The predicted octanol–water partition coefficient (Wildman–Crippen LogP) is 5.37. The summed E-state index contributed by atoms with van der Waals surface area (Å²) in [4.78, 5) is 11.2. The number of benzene rings is 1. The van der Waals surface area contributed by atoms with Gasteiger partial charge < -0.3 is 4.74 Å². The van der Waals surface area contributed by atoms with E-state index in [1.165, 1.54) is 37.8 Å². The lowest BCUT2D eigenvalue weighted by atomic mass is 9.79. The molecule has 0 amide bonds. The van der Waals surface area contributed by atoms with Crippen molar-refractivity contribution in [2.24, 2.45) is 11.8 Å². The van der Waals surface area contributed by atoms with E-state index in [4.69, 9.17) is 4.74 Å². The van der Waals surface area contributed by atoms with E-state index in [1.54, 1.807) is 19.2 Å². The van der Waals surface area contributed by atoms with Crippen molar-refractivity contribution in [2.75, 3.05) is 13.7 Å². The molecule has 25 heavy (non-hydrogen) atoms. The Morgan fingerprint density at radius 1 is 1.16 bits per heavy atom. The van der Waals surface area contributed by atoms with Crippen LogP contribution in [0.5, 0.6) is 0 Å². The number of aryl methyl sites for hydroxylation is 1. The summed E-state index contributed by atoms with van der Waals surface area (Å²) >= 11 is 0. The molecule has 1 aromatic carbocycles. The Balaban J connectivity index is 1.76. The first-order valence-electron chi connectivity index (χ1n) is 8.76. The van der Waals surface area contributed by atoms with Crippen molar-refractivity contribution in [3.63, 3.8) is 0 Å². The maximum Gasteiger partial charge on any atom is 0.454 e. The van der Waals surface area contributed by atoms with Crippen LogP contribution in [0.4, 0.5) is 13.2 Å². The third-order valence-corrected chi connectivity index (χ3v) is 4.88. The number of methoxy groups -OCH3 is 1. The molecule has 0 atom stereocenters. The van der Waals surface area contributed by atoms with E-state index in [0.29, 0.717) is 18.4 Å². The summed E-state index contributed by atoms with van der Waals surface area (Å²) in [5.41, 5.74) is 0.695. The fraction of sp³-hybridized carbons (Fsp3) is 0.550. The van der Waals surface area contributed by atoms with Crippen molar-refractivity contribution >= 4 is 5.78 Å². The summed E-state index contributed by atoms with van der Waals surface area (Å²) in [7, 11) is 1.69. The van der Waals surface area contributed by atoms with Crippen LogP contribution in [0.15, 0.2) is 36.4 Å². The van der Waals surface area contributed by atoms with Gasteiger partial charge in [0, 0.05) is 12.7 Å². The second-order valence-corrected chi connectivity index (χ2v) is 6.73. The minimum atomic E-state index is -4.81. The largest absolute Gasteiger partial charge is 0.454 e. The Labute approximate surface area is 147 Å². The SMILES string of the molecule is COCC=CC1CCC(CCc2ccc(C(=O)C(F)(F)F)cc2)CC1. The second kappa shape index (κ2) is 9.18. The van der Waals surface area contributed by atoms with Crippen molar-refractivity contribution in [3.05, 3.63) is 47.5 Å². The van der Waals surface area contributed by atoms with Crippen molar-refractivity contribution in [2.45, 2.75) is 44.7 Å². The van der Waals surface area contributed by atoms with E-state index in [9.17, 15) is 18.0 Å². The van der Waals surface area contributed by atoms with Crippen molar-refractivity contribution in [3.8, 4) is 0 Å². The zero-order chi connectivity index (χ0) is 18.3. The van der Waals surface area contributed by atoms with Crippen LogP contribution in [0.1, 0.15) is 48.0 Å². The molecule has 0 bridgehead atoms. The molecule has 2 rings (SSSR count). The lowest BCUT2D eigenvalue weighted by Crippen LogP contribution is -2.22. The Morgan fingerprint density at radius 3 is 2.36 bits per heavy atom. The molecule has 0 radical (unpaired) electrons.